The molecule has 0 bridgehead atoms. The second kappa shape index (κ2) is 9.16. The van der Waals surface area contributed by atoms with E-state index in [2.05, 4.69) is 31.0 Å². The third kappa shape index (κ3) is 4.36. The molecule has 5 aromatic rings. The highest BCUT2D eigenvalue weighted by Gasteiger charge is 2.15. The van der Waals surface area contributed by atoms with Gasteiger partial charge in [0.15, 0.2) is 5.82 Å². The zero-order valence-corrected chi connectivity index (χ0v) is 18.9. The van der Waals surface area contributed by atoms with Gasteiger partial charge in [-0.2, -0.15) is 0 Å². The van der Waals surface area contributed by atoms with Crippen molar-refractivity contribution >= 4 is 0 Å². The average Bonchev–Trinajstić information content (AvgIpc) is 2.85. The maximum Gasteiger partial charge on any atom is 0.219 e. The molecule has 0 saturated carbocycles. The minimum absolute atomic E-state index is 0.173. The summed E-state index contributed by atoms with van der Waals surface area (Å²) >= 11 is 0. The van der Waals surface area contributed by atoms with Crippen molar-refractivity contribution in [3.8, 4) is 51.3 Å². The Morgan fingerprint density at radius 3 is 2.21 bits per heavy atom. The van der Waals surface area contributed by atoms with Crippen LogP contribution in [-0.4, -0.2) is 20.1 Å². The Balaban J connectivity index is 1.66. The van der Waals surface area contributed by atoms with Crippen LogP contribution in [0.4, 0.5) is 0 Å². The zero-order chi connectivity index (χ0) is 23.5. The second-order valence-corrected chi connectivity index (χ2v) is 8.04. The molecule has 0 atom stereocenters. The number of ether oxygens (including phenoxy) is 1. The molecule has 5 rings (SSSR count). The molecule has 0 aliphatic rings. The standard InChI is InChI=1S/C29H23N3O2/c1-19-9-7-10-20(2)28(19)25-18-24(23-13-3-4-14-26(23)33)31-29(32-25)21-11-8-12-22(17-21)34-27-15-5-6-16-30-27/h3-18,33H,1-2H3. The number of nitrogens with zero attached hydrogens (tertiary/aromatic N) is 3. The van der Waals surface area contributed by atoms with Crippen molar-refractivity contribution in [3.05, 3.63) is 108 Å². The minimum Gasteiger partial charge on any atom is -0.507 e. The Kier molecular flexibility index (Phi) is 5.75. The van der Waals surface area contributed by atoms with E-state index in [1.165, 1.54) is 0 Å². The molecule has 5 heteroatoms. The largest absolute Gasteiger partial charge is 0.507 e. The zero-order valence-electron chi connectivity index (χ0n) is 18.9. The van der Waals surface area contributed by atoms with Gasteiger partial charge in [-0.25, -0.2) is 15.0 Å². The number of hydrogen-bond donors (Lipinski definition) is 1. The molecule has 0 amide bonds. The van der Waals surface area contributed by atoms with E-state index in [9.17, 15) is 5.11 Å². The number of rotatable bonds is 5. The van der Waals surface area contributed by atoms with Crippen molar-refractivity contribution < 1.29 is 9.84 Å². The number of para-hydroxylation sites is 1. The normalized spacial score (nSPS) is 10.8. The van der Waals surface area contributed by atoms with Crippen LogP contribution in [0.15, 0.2) is 97.2 Å². The molecule has 0 saturated heterocycles. The van der Waals surface area contributed by atoms with E-state index < -0.39 is 0 Å². The highest BCUT2D eigenvalue weighted by atomic mass is 16.5. The van der Waals surface area contributed by atoms with Crippen LogP contribution in [0.5, 0.6) is 17.4 Å². The number of aromatic nitrogens is 3. The van der Waals surface area contributed by atoms with Gasteiger partial charge in [0.05, 0.1) is 11.4 Å². The van der Waals surface area contributed by atoms with Gasteiger partial charge in [0, 0.05) is 29.0 Å². The van der Waals surface area contributed by atoms with Crippen LogP contribution in [0.2, 0.25) is 0 Å². The first-order valence-corrected chi connectivity index (χ1v) is 11.0. The SMILES string of the molecule is Cc1cccc(C)c1-c1cc(-c2ccccc2O)nc(-c2cccc(Oc3ccccn3)c2)n1. The highest BCUT2D eigenvalue weighted by Crippen LogP contribution is 2.34. The van der Waals surface area contributed by atoms with E-state index in [1.54, 1.807) is 24.4 Å². The lowest BCUT2D eigenvalue weighted by Gasteiger charge is -2.14. The van der Waals surface area contributed by atoms with Gasteiger partial charge < -0.3 is 9.84 Å². The Morgan fingerprint density at radius 2 is 1.44 bits per heavy atom. The van der Waals surface area contributed by atoms with Crippen LogP contribution in [0.3, 0.4) is 0 Å². The second-order valence-electron chi connectivity index (χ2n) is 8.04. The summed E-state index contributed by atoms with van der Waals surface area (Å²) in [6.45, 7) is 4.15. The van der Waals surface area contributed by atoms with Crippen LogP contribution in [0.25, 0.3) is 33.9 Å². The Labute approximate surface area is 198 Å². The third-order valence-electron chi connectivity index (χ3n) is 5.60. The van der Waals surface area contributed by atoms with Crippen molar-refractivity contribution in [2.24, 2.45) is 0 Å². The van der Waals surface area contributed by atoms with Gasteiger partial charge in [-0.1, -0.05) is 48.5 Å². The molecule has 0 radical (unpaired) electrons. The summed E-state index contributed by atoms with van der Waals surface area (Å²) < 4.78 is 5.92. The number of aromatic hydroxyl groups is 1. The Morgan fingerprint density at radius 1 is 0.706 bits per heavy atom. The quantitative estimate of drug-likeness (QED) is 0.316. The topological polar surface area (TPSA) is 68.1 Å². The number of hydrogen-bond acceptors (Lipinski definition) is 5. The molecule has 0 aliphatic carbocycles. The monoisotopic (exact) mass is 445 g/mol. The van der Waals surface area contributed by atoms with E-state index in [0.29, 0.717) is 28.7 Å². The summed E-state index contributed by atoms with van der Waals surface area (Å²) in [6, 6.07) is 28.5. The van der Waals surface area contributed by atoms with Crippen molar-refractivity contribution in [1.82, 2.24) is 15.0 Å². The summed E-state index contributed by atoms with van der Waals surface area (Å²) in [5.41, 5.74) is 6.22. The lowest BCUT2D eigenvalue weighted by Crippen LogP contribution is -1.98. The molecule has 2 heterocycles. The van der Waals surface area contributed by atoms with Gasteiger partial charge in [0.25, 0.3) is 0 Å². The Hall–Kier alpha value is -4.51. The lowest BCUT2D eigenvalue weighted by molar-refractivity contribution is 0.463. The predicted molar refractivity (Wildman–Crippen MR) is 134 cm³/mol. The molecule has 0 fully saturated rings. The first-order chi connectivity index (χ1) is 16.6. The van der Waals surface area contributed by atoms with Crippen LogP contribution in [-0.2, 0) is 0 Å². The molecule has 34 heavy (non-hydrogen) atoms. The van der Waals surface area contributed by atoms with Crippen LogP contribution < -0.4 is 4.74 Å². The number of phenolic OH excluding ortho intramolecular Hbond substituents is 1. The van der Waals surface area contributed by atoms with Crippen molar-refractivity contribution in [1.29, 1.82) is 0 Å². The van der Waals surface area contributed by atoms with Crippen molar-refractivity contribution in [3.63, 3.8) is 0 Å². The number of phenols is 1. The molecule has 166 valence electrons. The molecular formula is C29H23N3O2. The number of benzene rings is 3. The van der Waals surface area contributed by atoms with Crippen LogP contribution >= 0.6 is 0 Å². The molecule has 3 aromatic carbocycles. The first-order valence-electron chi connectivity index (χ1n) is 11.0. The van der Waals surface area contributed by atoms with E-state index in [0.717, 1.165) is 27.9 Å². The molecule has 0 spiro atoms. The van der Waals surface area contributed by atoms with Gasteiger partial charge in [-0.15, -0.1) is 0 Å². The van der Waals surface area contributed by atoms with Crippen LogP contribution in [0.1, 0.15) is 11.1 Å². The van der Waals surface area contributed by atoms with Gasteiger partial charge in [0.1, 0.15) is 11.5 Å². The molecule has 5 nitrogen and oxygen atoms in total. The first kappa shape index (κ1) is 21.3. The molecule has 0 unspecified atom stereocenters. The number of pyridine rings is 1. The van der Waals surface area contributed by atoms with E-state index >= 15 is 0 Å². The van der Waals surface area contributed by atoms with Gasteiger partial charge >= 0.3 is 0 Å². The number of aryl methyl sites for hydroxylation is 2. The summed E-state index contributed by atoms with van der Waals surface area (Å²) in [7, 11) is 0. The van der Waals surface area contributed by atoms with Gasteiger partial charge in [0.2, 0.25) is 5.88 Å². The van der Waals surface area contributed by atoms with Crippen molar-refractivity contribution in [2.75, 3.05) is 0 Å². The highest BCUT2D eigenvalue weighted by molar-refractivity contribution is 5.77. The van der Waals surface area contributed by atoms with E-state index in [1.807, 2.05) is 60.7 Å². The van der Waals surface area contributed by atoms with E-state index in [4.69, 9.17) is 14.7 Å². The molecule has 2 aromatic heterocycles. The summed E-state index contributed by atoms with van der Waals surface area (Å²) in [6.07, 6.45) is 1.69. The summed E-state index contributed by atoms with van der Waals surface area (Å²) in [4.78, 5) is 14.0. The Bertz CT molecular complexity index is 1450. The van der Waals surface area contributed by atoms with Gasteiger partial charge in [-0.05, 0) is 61.4 Å². The van der Waals surface area contributed by atoms with E-state index in [-0.39, 0.29) is 5.75 Å². The fourth-order valence-electron chi connectivity index (χ4n) is 3.98. The smallest absolute Gasteiger partial charge is 0.219 e. The summed E-state index contributed by atoms with van der Waals surface area (Å²) in [5.74, 6) is 1.87. The maximum atomic E-state index is 10.5. The van der Waals surface area contributed by atoms with Crippen LogP contribution in [0, 0.1) is 13.8 Å². The lowest BCUT2D eigenvalue weighted by atomic mass is 9.98. The maximum absolute atomic E-state index is 10.5. The van der Waals surface area contributed by atoms with Gasteiger partial charge in [-0.3, -0.25) is 0 Å². The average molecular weight is 446 g/mol. The fraction of sp³-hybridized carbons (Fsp3) is 0.0690. The third-order valence-corrected chi connectivity index (χ3v) is 5.60. The summed E-state index contributed by atoms with van der Waals surface area (Å²) in [5, 5.41) is 10.5. The molecule has 1 N–H and O–H groups in total. The predicted octanol–water partition coefficient (Wildman–Crippen LogP) is 6.99. The van der Waals surface area contributed by atoms with Crippen molar-refractivity contribution in [2.45, 2.75) is 13.8 Å². The minimum atomic E-state index is 0.173. The fourth-order valence-corrected chi connectivity index (χ4v) is 3.98. The molecule has 0 aliphatic heterocycles. The molecular weight excluding hydrogens is 422 g/mol.